The van der Waals surface area contributed by atoms with E-state index in [1.807, 2.05) is 62.4 Å². The molecule has 2 fully saturated rings. The minimum Gasteiger partial charge on any atom is -0.465 e. The van der Waals surface area contributed by atoms with Gasteiger partial charge in [0.2, 0.25) is 11.8 Å². The number of carbonyl (C=O) groups excluding carboxylic acids is 3. The summed E-state index contributed by atoms with van der Waals surface area (Å²) in [6, 6.07) is 13.1. The van der Waals surface area contributed by atoms with Crippen LogP contribution < -0.4 is 10.6 Å². The first-order valence-corrected chi connectivity index (χ1v) is 20.8. The molecular formula is C40H50N8O8S. The molecule has 16 nitrogen and oxygen atoms in total. The van der Waals surface area contributed by atoms with Crippen molar-refractivity contribution < 1.29 is 37.4 Å². The van der Waals surface area contributed by atoms with Gasteiger partial charge in [0.1, 0.15) is 23.7 Å². The smallest absolute Gasteiger partial charge is 0.407 e. The highest BCUT2D eigenvalue weighted by molar-refractivity contribution is 7.92. The van der Waals surface area contributed by atoms with Crippen molar-refractivity contribution in [3.8, 4) is 33.6 Å². The van der Waals surface area contributed by atoms with Crippen molar-refractivity contribution in [2.45, 2.75) is 82.3 Å². The molecule has 5 N–H and O–H groups in total. The summed E-state index contributed by atoms with van der Waals surface area (Å²) in [5, 5.41) is 14.3. The number of nitrogens with one attached hydrogen (secondary N) is 4. The molecule has 0 radical (unpaired) electrons. The molecule has 0 saturated carbocycles. The van der Waals surface area contributed by atoms with Gasteiger partial charge in [0.25, 0.3) is 0 Å². The third kappa shape index (κ3) is 8.52. The molecule has 4 heterocycles. The first-order valence-electron chi connectivity index (χ1n) is 19.0. The Morgan fingerprint density at radius 1 is 0.789 bits per heavy atom. The average molecular weight is 803 g/mol. The molecule has 4 unspecified atom stereocenters. The van der Waals surface area contributed by atoms with E-state index >= 15 is 0 Å². The lowest BCUT2D eigenvalue weighted by molar-refractivity contribution is -0.136. The van der Waals surface area contributed by atoms with Gasteiger partial charge in [-0.25, -0.2) is 28.0 Å². The van der Waals surface area contributed by atoms with E-state index in [-0.39, 0.29) is 17.9 Å². The Bertz CT molecular complexity index is 2210. The molecule has 2 aliphatic heterocycles. The molecule has 0 aliphatic carbocycles. The van der Waals surface area contributed by atoms with E-state index in [2.05, 4.69) is 30.6 Å². The molecule has 2 aromatic carbocycles. The third-order valence-corrected chi connectivity index (χ3v) is 13.3. The number of sulfone groups is 1. The maximum atomic E-state index is 13.7. The highest BCUT2D eigenvalue weighted by Crippen LogP contribution is 2.36. The lowest BCUT2D eigenvalue weighted by Crippen LogP contribution is -2.60. The van der Waals surface area contributed by atoms with Crippen molar-refractivity contribution in [1.82, 2.24) is 40.4 Å². The number of carboxylic acid groups (broad SMARTS) is 1. The number of likely N-dealkylation sites (tertiary alicyclic amines) is 2. The Morgan fingerprint density at radius 2 is 1.23 bits per heavy atom. The van der Waals surface area contributed by atoms with Crippen LogP contribution in [-0.2, 0) is 24.2 Å². The zero-order valence-corrected chi connectivity index (χ0v) is 33.7. The van der Waals surface area contributed by atoms with Crippen LogP contribution in [0.15, 0.2) is 60.9 Å². The van der Waals surface area contributed by atoms with Crippen molar-refractivity contribution in [2.24, 2.45) is 5.92 Å². The van der Waals surface area contributed by atoms with E-state index in [4.69, 9.17) is 4.74 Å². The number of aromatic amines is 2. The molecule has 304 valence electrons. The summed E-state index contributed by atoms with van der Waals surface area (Å²) in [5.74, 6) is 0.327. The van der Waals surface area contributed by atoms with Crippen molar-refractivity contribution in [1.29, 1.82) is 0 Å². The fraction of sp³-hybridized carbons (Fsp3) is 0.450. The topological polar surface area (TPSA) is 220 Å². The van der Waals surface area contributed by atoms with Crippen LogP contribution in [0.5, 0.6) is 0 Å². The quantitative estimate of drug-likeness (QED) is 0.124. The largest absolute Gasteiger partial charge is 0.465 e. The molecule has 17 heteroatoms. The fourth-order valence-corrected chi connectivity index (χ4v) is 8.12. The molecule has 2 aliphatic rings. The maximum absolute atomic E-state index is 13.7. The number of hydrogen-bond acceptors (Lipinski definition) is 9. The van der Waals surface area contributed by atoms with Crippen molar-refractivity contribution in [3.05, 3.63) is 72.6 Å². The number of alkyl carbamates (subject to hydrolysis) is 1. The number of imidazole rings is 2. The Kier molecular flexibility index (Phi) is 11.8. The minimum atomic E-state index is -3.81. The second kappa shape index (κ2) is 16.4. The predicted octanol–water partition coefficient (Wildman–Crippen LogP) is 5.30. The number of methoxy groups -OCH3 is 1. The lowest BCUT2D eigenvalue weighted by atomic mass is 10.0. The maximum Gasteiger partial charge on any atom is 0.407 e. The van der Waals surface area contributed by atoms with Crippen LogP contribution in [0.2, 0.25) is 0 Å². The van der Waals surface area contributed by atoms with Crippen molar-refractivity contribution in [2.75, 3.05) is 26.5 Å². The highest BCUT2D eigenvalue weighted by Gasteiger charge is 2.48. The van der Waals surface area contributed by atoms with E-state index in [0.717, 1.165) is 52.7 Å². The van der Waals surface area contributed by atoms with Gasteiger partial charge < -0.3 is 40.2 Å². The Morgan fingerprint density at radius 3 is 1.63 bits per heavy atom. The van der Waals surface area contributed by atoms with Gasteiger partial charge in [0.15, 0.2) is 9.84 Å². The monoisotopic (exact) mass is 802 g/mol. The number of rotatable bonds is 12. The van der Waals surface area contributed by atoms with Gasteiger partial charge in [-0.2, -0.15) is 0 Å². The SMILES string of the molecule is COC(=O)NC(C(=O)N1CCCC1c1ncc(-c2ccc(-c3ccc(-c4cnc(C5CCCN5C(=O)C(NC(=O)O)C(C)(C)S(C)(=O)=O)[nH]4)cc3)cc2)[nH]1)C(C)C. The molecule has 0 spiro atoms. The number of carbonyl (C=O) groups is 4. The van der Waals surface area contributed by atoms with Crippen LogP contribution in [0.25, 0.3) is 33.6 Å². The normalized spacial score (nSPS) is 18.4. The molecule has 4 amide bonds. The number of ether oxygens (including phenoxy) is 1. The molecule has 6 rings (SSSR count). The number of hydrogen-bond donors (Lipinski definition) is 5. The van der Waals surface area contributed by atoms with Crippen LogP contribution >= 0.6 is 0 Å². The molecule has 4 atom stereocenters. The number of aromatic nitrogens is 4. The molecule has 2 aromatic heterocycles. The first kappa shape index (κ1) is 40.9. The summed E-state index contributed by atoms with van der Waals surface area (Å²) in [6.45, 7) is 7.37. The van der Waals surface area contributed by atoms with Gasteiger partial charge in [0.05, 0.1) is 47.7 Å². The average Bonchev–Trinajstić information content (AvgIpc) is 4.01. The first-order chi connectivity index (χ1) is 27.0. The van der Waals surface area contributed by atoms with E-state index in [9.17, 15) is 32.7 Å². The van der Waals surface area contributed by atoms with Gasteiger partial charge in [-0.15, -0.1) is 0 Å². The number of H-pyrrole nitrogens is 2. The van der Waals surface area contributed by atoms with E-state index < -0.39 is 50.8 Å². The second-order valence-corrected chi connectivity index (χ2v) is 18.1. The number of nitrogens with zero attached hydrogens (tertiary/aromatic N) is 4. The van der Waals surface area contributed by atoms with Crippen molar-refractivity contribution in [3.63, 3.8) is 0 Å². The van der Waals surface area contributed by atoms with E-state index in [1.165, 1.54) is 25.9 Å². The van der Waals surface area contributed by atoms with E-state index in [0.29, 0.717) is 37.6 Å². The summed E-state index contributed by atoms with van der Waals surface area (Å²) in [5.41, 5.74) is 5.37. The second-order valence-electron chi connectivity index (χ2n) is 15.5. The summed E-state index contributed by atoms with van der Waals surface area (Å²) in [7, 11) is -2.54. The molecule has 4 aromatic rings. The summed E-state index contributed by atoms with van der Waals surface area (Å²) in [6.07, 6.45) is 5.14. The van der Waals surface area contributed by atoms with Gasteiger partial charge >= 0.3 is 12.2 Å². The number of amides is 4. The predicted molar refractivity (Wildman–Crippen MR) is 212 cm³/mol. The third-order valence-electron chi connectivity index (χ3n) is 11.2. The molecular weight excluding hydrogens is 753 g/mol. The Labute approximate surface area is 331 Å². The van der Waals surface area contributed by atoms with Gasteiger partial charge in [-0.3, -0.25) is 9.59 Å². The van der Waals surface area contributed by atoms with Crippen LogP contribution in [-0.4, -0.2) is 111 Å². The van der Waals surface area contributed by atoms with Crippen LogP contribution in [0.3, 0.4) is 0 Å². The summed E-state index contributed by atoms with van der Waals surface area (Å²) < 4.78 is 28.2. The van der Waals surface area contributed by atoms with Crippen LogP contribution in [0.4, 0.5) is 9.59 Å². The fourth-order valence-electron chi connectivity index (χ4n) is 7.53. The summed E-state index contributed by atoms with van der Waals surface area (Å²) in [4.78, 5) is 70.1. The lowest BCUT2D eigenvalue weighted by Gasteiger charge is -2.35. The minimum absolute atomic E-state index is 0.124. The van der Waals surface area contributed by atoms with Crippen LogP contribution in [0, 0.1) is 5.92 Å². The molecule has 2 saturated heterocycles. The molecule has 0 bridgehead atoms. The van der Waals surface area contributed by atoms with Gasteiger partial charge in [-0.1, -0.05) is 62.4 Å². The summed E-state index contributed by atoms with van der Waals surface area (Å²) >= 11 is 0. The van der Waals surface area contributed by atoms with Crippen molar-refractivity contribution >= 4 is 33.8 Å². The molecule has 57 heavy (non-hydrogen) atoms. The Balaban J connectivity index is 1.12. The number of benzene rings is 2. The standard InChI is InChI=1S/C40H50N8O8S/c1-23(2)32(45-39(53)56-5)36(49)47-19-7-9-30(47)34-41-21-28(43-34)26-15-11-24(12-16-26)25-13-17-27(18-14-25)29-22-42-35(44-29)31-10-8-20-48(31)37(50)33(46-38(51)52)40(3,4)57(6,54)55/h11-18,21-23,30-33,46H,7-10,19-20H2,1-6H3,(H,41,43)(H,42,44)(H,45,53)(H,51,52). The van der Waals surface area contributed by atoms with Gasteiger partial charge in [0, 0.05) is 19.3 Å². The Hall–Kier alpha value is -5.71. The zero-order chi connectivity index (χ0) is 41.2. The van der Waals surface area contributed by atoms with E-state index in [1.54, 1.807) is 17.3 Å². The highest BCUT2D eigenvalue weighted by atomic mass is 32.2. The zero-order valence-electron chi connectivity index (χ0n) is 32.9. The van der Waals surface area contributed by atoms with Crippen LogP contribution in [0.1, 0.15) is 77.1 Å². The van der Waals surface area contributed by atoms with Gasteiger partial charge in [-0.05, 0) is 67.7 Å².